The Labute approximate surface area is 206 Å². The summed E-state index contributed by atoms with van der Waals surface area (Å²) in [6, 6.07) is 21.8. The first kappa shape index (κ1) is 23.5. The van der Waals surface area contributed by atoms with Gasteiger partial charge in [-0.2, -0.15) is 0 Å². The Hall–Kier alpha value is -3.62. The number of thioether (sulfide) groups is 1. The van der Waals surface area contributed by atoms with Gasteiger partial charge in [0.1, 0.15) is 0 Å². The van der Waals surface area contributed by atoms with E-state index in [1.807, 2.05) is 47.9 Å². The first-order chi connectivity index (χ1) is 16.3. The quantitative estimate of drug-likeness (QED) is 0.349. The van der Waals surface area contributed by atoms with E-state index < -0.39 is 11.2 Å². The van der Waals surface area contributed by atoms with E-state index >= 15 is 0 Å². The fourth-order valence-electron chi connectivity index (χ4n) is 3.23. The highest BCUT2D eigenvalue weighted by atomic mass is 35.5. The fourth-order valence-corrected chi connectivity index (χ4v) is 4.23. The summed E-state index contributed by atoms with van der Waals surface area (Å²) in [5.74, 6) is -0.0743. The Bertz CT molecular complexity index is 1320. The molecule has 7 nitrogen and oxygen atoms in total. The molecule has 3 N–H and O–H groups in total. The van der Waals surface area contributed by atoms with Crippen LogP contribution in [0.1, 0.15) is 22.8 Å². The van der Waals surface area contributed by atoms with Crippen molar-refractivity contribution in [2.45, 2.75) is 24.3 Å². The molecule has 9 heteroatoms. The van der Waals surface area contributed by atoms with Gasteiger partial charge in [-0.3, -0.25) is 14.2 Å². The summed E-state index contributed by atoms with van der Waals surface area (Å²) >= 11 is 7.36. The number of hydrogen-bond acceptors (Lipinski definition) is 5. The normalized spacial score (nSPS) is 11.7. The smallest absolute Gasteiger partial charge is 0.248 e. The minimum atomic E-state index is -0.520. The molecule has 0 fully saturated rings. The molecule has 1 unspecified atom stereocenters. The molecule has 0 bridgehead atoms. The standard InChI is InChI=1S/C25H22ClN5O2S/c1-15-3-13-21(14-4-15)31-23(18-5-9-19(26)10-6-18)29-30-25(31)34-16(2)24(33)28-20-11-7-17(8-12-20)22(27)32/h3-14,16H,1-2H3,(H2,27,32)(H,28,33). The lowest BCUT2D eigenvalue weighted by Gasteiger charge is -2.14. The van der Waals surface area contributed by atoms with Crippen LogP contribution in [0.15, 0.2) is 78.0 Å². The number of carbonyl (C=O) groups is 2. The molecule has 4 rings (SSSR count). The first-order valence-corrected chi connectivity index (χ1v) is 11.7. The monoisotopic (exact) mass is 491 g/mol. The van der Waals surface area contributed by atoms with Crippen LogP contribution in [0.25, 0.3) is 17.1 Å². The molecule has 0 radical (unpaired) electrons. The number of primary amides is 1. The predicted molar refractivity (Wildman–Crippen MR) is 135 cm³/mol. The van der Waals surface area contributed by atoms with E-state index in [0.29, 0.717) is 27.3 Å². The number of anilines is 1. The van der Waals surface area contributed by atoms with E-state index in [-0.39, 0.29) is 5.91 Å². The zero-order valence-electron chi connectivity index (χ0n) is 18.5. The maximum atomic E-state index is 12.8. The molecule has 172 valence electrons. The van der Waals surface area contributed by atoms with Gasteiger partial charge in [-0.05, 0) is 74.5 Å². The molecular formula is C25H22ClN5O2S. The zero-order valence-corrected chi connectivity index (χ0v) is 20.1. The SMILES string of the molecule is Cc1ccc(-n2c(SC(C)C(=O)Nc3ccc(C(N)=O)cc3)nnc2-c2ccc(Cl)cc2)cc1. The number of halogens is 1. The molecule has 0 aliphatic carbocycles. The molecule has 1 atom stereocenters. The number of benzene rings is 3. The number of hydrogen-bond donors (Lipinski definition) is 2. The Kier molecular flexibility index (Phi) is 7.00. The number of carbonyl (C=O) groups excluding carboxylic acids is 2. The van der Waals surface area contributed by atoms with Crippen molar-refractivity contribution in [3.63, 3.8) is 0 Å². The molecule has 0 aliphatic rings. The van der Waals surface area contributed by atoms with E-state index in [0.717, 1.165) is 16.8 Å². The second-order valence-electron chi connectivity index (χ2n) is 7.67. The van der Waals surface area contributed by atoms with Crippen molar-refractivity contribution in [3.8, 4) is 17.1 Å². The molecule has 0 saturated carbocycles. The van der Waals surface area contributed by atoms with Gasteiger partial charge in [-0.1, -0.05) is 41.1 Å². The van der Waals surface area contributed by atoms with Crippen molar-refractivity contribution in [2.75, 3.05) is 5.32 Å². The van der Waals surface area contributed by atoms with Crippen molar-refractivity contribution in [2.24, 2.45) is 5.73 Å². The van der Waals surface area contributed by atoms with Crippen molar-refractivity contribution in [1.82, 2.24) is 14.8 Å². The van der Waals surface area contributed by atoms with Crippen molar-refractivity contribution in [3.05, 3.63) is 88.9 Å². The minimum Gasteiger partial charge on any atom is -0.366 e. The average molecular weight is 492 g/mol. The fraction of sp³-hybridized carbons (Fsp3) is 0.120. The van der Waals surface area contributed by atoms with Gasteiger partial charge < -0.3 is 11.1 Å². The molecule has 2 amide bonds. The molecule has 3 aromatic carbocycles. The van der Waals surface area contributed by atoms with Gasteiger partial charge in [0, 0.05) is 27.5 Å². The van der Waals surface area contributed by atoms with Gasteiger partial charge >= 0.3 is 0 Å². The summed E-state index contributed by atoms with van der Waals surface area (Å²) in [6.45, 7) is 3.82. The van der Waals surface area contributed by atoms with Crippen LogP contribution in [0.4, 0.5) is 5.69 Å². The Morgan fingerprint density at radius 2 is 1.62 bits per heavy atom. The molecule has 0 saturated heterocycles. The van der Waals surface area contributed by atoms with E-state index in [1.54, 1.807) is 43.3 Å². The molecule has 4 aromatic rings. The lowest BCUT2D eigenvalue weighted by Crippen LogP contribution is -2.23. The predicted octanol–water partition coefficient (Wildman–Crippen LogP) is 5.11. The second kappa shape index (κ2) is 10.1. The van der Waals surface area contributed by atoms with E-state index in [2.05, 4.69) is 15.5 Å². The van der Waals surface area contributed by atoms with Crippen LogP contribution in [0.2, 0.25) is 5.02 Å². The molecule has 34 heavy (non-hydrogen) atoms. The second-order valence-corrected chi connectivity index (χ2v) is 9.42. The third kappa shape index (κ3) is 5.30. The van der Waals surface area contributed by atoms with Crippen LogP contribution in [0, 0.1) is 6.92 Å². The Morgan fingerprint density at radius 1 is 0.971 bits per heavy atom. The van der Waals surface area contributed by atoms with Crippen LogP contribution in [-0.2, 0) is 4.79 Å². The van der Waals surface area contributed by atoms with Gasteiger partial charge in [0.2, 0.25) is 11.8 Å². The highest BCUT2D eigenvalue weighted by molar-refractivity contribution is 8.00. The summed E-state index contributed by atoms with van der Waals surface area (Å²) < 4.78 is 1.93. The van der Waals surface area contributed by atoms with Crippen LogP contribution >= 0.6 is 23.4 Å². The van der Waals surface area contributed by atoms with Crippen LogP contribution in [0.5, 0.6) is 0 Å². The van der Waals surface area contributed by atoms with Gasteiger partial charge in [-0.25, -0.2) is 0 Å². The number of nitrogens with two attached hydrogens (primary N) is 1. The third-order valence-corrected chi connectivity index (χ3v) is 6.41. The molecule has 0 aliphatic heterocycles. The molecule has 1 aromatic heterocycles. The summed E-state index contributed by atoms with van der Waals surface area (Å²) in [5.41, 5.74) is 9.10. The highest BCUT2D eigenvalue weighted by Crippen LogP contribution is 2.31. The van der Waals surface area contributed by atoms with E-state index in [4.69, 9.17) is 17.3 Å². The summed E-state index contributed by atoms with van der Waals surface area (Å²) in [7, 11) is 0. The maximum absolute atomic E-state index is 12.8. The molecular weight excluding hydrogens is 470 g/mol. The van der Waals surface area contributed by atoms with Gasteiger partial charge in [0.05, 0.1) is 5.25 Å². The lowest BCUT2D eigenvalue weighted by molar-refractivity contribution is -0.115. The molecule has 0 spiro atoms. The van der Waals surface area contributed by atoms with Crippen LogP contribution < -0.4 is 11.1 Å². The minimum absolute atomic E-state index is 0.205. The van der Waals surface area contributed by atoms with E-state index in [1.165, 1.54) is 11.8 Å². The van der Waals surface area contributed by atoms with Gasteiger partial charge in [0.15, 0.2) is 11.0 Å². The summed E-state index contributed by atoms with van der Waals surface area (Å²) in [4.78, 5) is 24.1. The zero-order chi connectivity index (χ0) is 24.2. The number of rotatable bonds is 7. The molecule has 1 heterocycles. The van der Waals surface area contributed by atoms with Gasteiger partial charge in [0.25, 0.3) is 0 Å². The third-order valence-electron chi connectivity index (χ3n) is 5.12. The number of aromatic nitrogens is 3. The van der Waals surface area contributed by atoms with Crippen molar-refractivity contribution >= 4 is 40.9 Å². The average Bonchev–Trinajstić information content (AvgIpc) is 3.23. The lowest BCUT2D eigenvalue weighted by atomic mass is 10.2. The van der Waals surface area contributed by atoms with Crippen LogP contribution in [0.3, 0.4) is 0 Å². The highest BCUT2D eigenvalue weighted by Gasteiger charge is 2.22. The summed E-state index contributed by atoms with van der Waals surface area (Å²) in [6.07, 6.45) is 0. The van der Waals surface area contributed by atoms with Crippen LogP contribution in [-0.4, -0.2) is 31.8 Å². The van der Waals surface area contributed by atoms with Crippen molar-refractivity contribution in [1.29, 1.82) is 0 Å². The number of aryl methyl sites for hydroxylation is 1. The Balaban J connectivity index is 1.60. The number of amides is 2. The topological polar surface area (TPSA) is 103 Å². The van der Waals surface area contributed by atoms with Gasteiger partial charge in [-0.15, -0.1) is 10.2 Å². The number of nitrogens with one attached hydrogen (secondary N) is 1. The first-order valence-electron chi connectivity index (χ1n) is 10.5. The van der Waals surface area contributed by atoms with Crippen molar-refractivity contribution < 1.29 is 9.59 Å². The largest absolute Gasteiger partial charge is 0.366 e. The summed E-state index contributed by atoms with van der Waals surface area (Å²) in [5, 5.41) is 12.4. The Morgan fingerprint density at radius 3 is 2.24 bits per heavy atom. The maximum Gasteiger partial charge on any atom is 0.248 e. The van der Waals surface area contributed by atoms with E-state index in [9.17, 15) is 9.59 Å². The number of nitrogens with zero attached hydrogens (tertiary/aromatic N) is 3.